The molecule has 4 nitrogen and oxygen atoms in total. The number of alkyl halides is 3. The highest BCUT2D eigenvalue weighted by molar-refractivity contribution is 7.15. The van der Waals surface area contributed by atoms with E-state index >= 15 is 0 Å². The highest BCUT2D eigenvalue weighted by Gasteiger charge is 2.30. The van der Waals surface area contributed by atoms with Crippen LogP contribution in [-0.4, -0.2) is 23.6 Å². The van der Waals surface area contributed by atoms with Crippen molar-refractivity contribution in [2.24, 2.45) is 0 Å². The van der Waals surface area contributed by atoms with Crippen LogP contribution in [-0.2, 0) is 22.1 Å². The van der Waals surface area contributed by atoms with Crippen LogP contribution in [0, 0.1) is 0 Å². The molecule has 130 valence electrons. The van der Waals surface area contributed by atoms with Crippen molar-refractivity contribution >= 4 is 22.4 Å². The highest BCUT2D eigenvalue weighted by Crippen LogP contribution is 2.30. The number of rotatable bonds is 6. The van der Waals surface area contributed by atoms with Crippen molar-refractivity contribution in [3.05, 3.63) is 46.5 Å². The van der Waals surface area contributed by atoms with E-state index in [0.29, 0.717) is 23.7 Å². The van der Waals surface area contributed by atoms with Crippen LogP contribution in [0.5, 0.6) is 0 Å². The minimum Gasteiger partial charge on any atom is -0.369 e. The molecule has 1 aromatic carbocycles. The Balaban J connectivity index is 2.03. The Morgan fingerprint density at radius 2 is 2.17 bits per heavy atom. The maximum atomic E-state index is 12.7. The Morgan fingerprint density at radius 1 is 1.42 bits per heavy atom. The van der Waals surface area contributed by atoms with Gasteiger partial charge in [-0.15, -0.1) is 11.3 Å². The van der Waals surface area contributed by atoms with Gasteiger partial charge in [-0.25, -0.2) is 4.98 Å². The Bertz CT molecular complexity index is 701. The van der Waals surface area contributed by atoms with Crippen LogP contribution in [0.25, 0.3) is 0 Å². The van der Waals surface area contributed by atoms with Gasteiger partial charge in [0.15, 0.2) is 5.13 Å². The molecule has 0 aliphatic rings. The van der Waals surface area contributed by atoms with E-state index < -0.39 is 17.8 Å². The average molecular weight is 358 g/mol. The van der Waals surface area contributed by atoms with Gasteiger partial charge in [-0.05, 0) is 25.5 Å². The molecule has 2 aromatic rings. The number of hydrogen-bond acceptors (Lipinski definition) is 4. The molecule has 0 bridgehead atoms. The molecule has 1 aromatic heterocycles. The number of anilines is 1. The predicted molar refractivity (Wildman–Crippen MR) is 86.1 cm³/mol. The third kappa shape index (κ3) is 5.04. The zero-order valence-electron chi connectivity index (χ0n) is 13.2. The summed E-state index contributed by atoms with van der Waals surface area (Å²) in [5.74, 6) is -0.309. The van der Waals surface area contributed by atoms with Crippen molar-refractivity contribution < 1.29 is 22.7 Å². The first kappa shape index (κ1) is 18.4. The second kappa shape index (κ2) is 7.76. The van der Waals surface area contributed by atoms with Gasteiger partial charge in [-0.3, -0.25) is 10.1 Å². The van der Waals surface area contributed by atoms with E-state index in [0.717, 1.165) is 17.0 Å². The first-order chi connectivity index (χ1) is 11.3. The molecule has 0 radical (unpaired) electrons. The number of hydrogen-bond donors (Lipinski definition) is 1. The summed E-state index contributed by atoms with van der Waals surface area (Å²) in [5, 5.41) is 3.03. The van der Waals surface area contributed by atoms with Crippen LogP contribution in [0.2, 0.25) is 0 Å². The van der Waals surface area contributed by atoms with Crippen molar-refractivity contribution in [1.29, 1.82) is 0 Å². The third-order valence-corrected chi connectivity index (χ3v) is 4.12. The number of amides is 1. The number of nitrogens with zero attached hydrogens (tertiary/aromatic N) is 1. The molecule has 1 heterocycles. The summed E-state index contributed by atoms with van der Waals surface area (Å²) in [7, 11) is 0. The number of carbonyl (C=O) groups excluding carboxylic acids is 1. The Labute approximate surface area is 141 Å². The van der Waals surface area contributed by atoms with Gasteiger partial charge in [0.1, 0.15) is 6.10 Å². The molecule has 0 spiro atoms. The summed E-state index contributed by atoms with van der Waals surface area (Å²) >= 11 is 1.23. The molecule has 8 heteroatoms. The van der Waals surface area contributed by atoms with Crippen LogP contribution >= 0.6 is 11.3 Å². The van der Waals surface area contributed by atoms with Gasteiger partial charge in [0.2, 0.25) is 0 Å². The van der Waals surface area contributed by atoms with E-state index in [1.165, 1.54) is 17.4 Å². The molecular formula is C16H17F3N2O2S. The average Bonchev–Trinajstić information content (AvgIpc) is 2.94. The standard InChI is InChI=1S/C16H17F3N2O2S/c1-3-23-10(2)14(22)21-15-20-9-13(24-15)8-11-5-4-6-12(7-11)16(17,18)19/h4-7,9-10H,3,8H2,1-2H3,(H,20,21,22). The largest absolute Gasteiger partial charge is 0.416 e. The van der Waals surface area contributed by atoms with Crippen molar-refractivity contribution in [2.75, 3.05) is 11.9 Å². The molecule has 1 unspecified atom stereocenters. The van der Waals surface area contributed by atoms with E-state index in [9.17, 15) is 18.0 Å². The van der Waals surface area contributed by atoms with E-state index in [4.69, 9.17) is 4.74 Å². The van der Waals surface area contributed by atoms with Crippen molar-refractivity contribution in [3.8, 4) is 0 Å². The Hall–Kier alpha value is -1.93. The molecular weight excluding hydrogens is 341 g/mol. The molecule has 1 N–H and O–H groups in total. The topological polar surface area (TPSA) is 51.2 Å². The number of thiazole rings is 1. The quantitative estimate of drug-likeness (QED) is 0.845. The zero-order valence-corrected chi connectivity index (χ0v) is 14.0. The fourth-order valence-electron chi connectivity index (χ4n) is 2.04. The second-order valence-corrected chi connectivity index (χ2v) is 6.21. The van der Waals surface area contributed by atoms with E-state index in [2.05, 4.69) is 10.3 Å². The molecule has 1 atom stereocenters. The molecule has 0 saturated heterocycles. The first-order valence-electron chi connectivity index (χ1n) is 7.33. The van der Waals surface area contributed by atoms with Crippen molar-refractivity contribution in [1.82, 2.24) is 4.98 Å². The molecule has 0 saturated carbocycles. The van der Waals surface area contributed by atoms with E-state index in [1.807, 2.05) is 0 Å². The highest BCUT2D eigenvalue weighted by atomic mass is 32.1. The zero-order chi connectivity index (χ0) is 17.7. The van der Waals surface area contributed by atoms with Crippen molar-refractivity contribution in [2.45, 2.75) is 32.5 Å². The normalized spacial score (nSPS) is 12.9. The smallest absolute Gasteiger partial charge is 0.369 e. The van der Waals surface area contributed by atoms with Gasteiger partial charge >= 0.3 is 6.18 Å². The lowest BCUT2D eigenvalue weighted by Crippen LogP contribution is -2.27. The predicted octanol–water partition coefficient (Wildman–Crippen LogP) is 4.12. The van der Waals surface area contributed by atoms with Gasteiger partial charge in [0, 0.05) is 24.1 Å². The number of nitrogens with one attached hydrogen (secondary N) is 1. The monoisotopic (exact) mass is 358 g/mol. The number of carbonyl (C=O) groups is 1. The number of ether oxygens (including phenoxy) is 1. The molecule has 0 fully saturated rings. The van der Waals surface area contributed by atoms with E-state index in [-0.39, 0.29) is 5.91 Å². The minimum absolute atomic E-state index is 0.309. The maximum Gasteiger partial charge on any atom is 0.416 e. The third-order valence-electron chi connectivity index (χ3n) is 3.20. The lowest BCUT2D eigenvalue weighted by molar-refractivity contribution is -0.137. The summed E-state index contributed by atoms with van der Waals surface area (Å²) in [6.45, 7) is 3.85. The van der Waals surface area contributed by atoms with Crippen LogP contribution in [0.15, 0.2) is 30.5 Å². The fourth-order valence-corrected chi connectivity index (χ4v) is 2.89. The molecule has 1 amide bonds. The molecule has 24 heavy (non-hydrogen) atoms. The molecule has 0 aliphatic heterocycles. The van der Waals surface area contributed by atoms with Gasteiger partial charge in [0.25, 0.3) is 5.91 Å². The molecule has 0 aliphatic carbocycles. The Morgan fingerprint density at radius 3 is 2.83 bits per heavy atom. The first-order valence-corrected chi connectivity index (χ1v) is 8.14. The number of aromatic nitrogens is 1. The van der Waals surface area contributed by atoms with Gasteiger partial charge in [-0.2, -0.15) is 13.2 Å². The van der Waals surface area contributed by atoms with E-state index in [1.54, 1.807) is 26.1 Å². The SMILES string of the molecule is CCOC(C)C(=O)Nc1ncc(Cc2cccc(C(F)(F)F)c2)s1. The summed E-state index contributed by atoms with van der Waals surface area (Å²) in [5.41, 5.74) is -0.141. The van der Waals surface area contributed by atoms with Gasteiger partial charge in [0.05, 0.1) is 5.56 Å². The van der Waals surface area contributed by atoms with Crippen molar-refractivity contribution in [3.63, 3.8) is 0 Å². The number of halogens is 3. The van der Waals surface area contributed by atoms with Gasteiger partial charge < -0.3 is 4.74 Å². The molecule has 2 rings (SSSR count). The van der Waals surface area contributed by atoms with Crippen LogP contribution in [0.3, 0.4) is 0 Å². The van der Waals surface area contributed by atoms with Crippen LogP contribution < -0.4 is 5.32 Å². The minimum atomic E-state index is -4.36. The lowest BCUT2D eigenvalue weighted by atomic mass is 10.1. The Kier molecular flexibility index (Phi) is 5.95. The van der Waals surface area contributed by atoms with Crippen LogP contribution in [0.4, 0.5) is 18.3 Å². The summed E-state index contributed by atoms with van der Waals surface area (Å²) < 4.78 is 43.4. The second-order valence-electron chi connectivity index (χ2n) is 5.09. The van der Waals surface area contributed by atoms with Gasteiger partial charge in [-0.1, -0.05) is 18.2 Å². The number of benzene rings is 1. The summed E-state index contributed by atoms with van der Waals surface area (Å²) in [6.07, 6.45) is -3.09. The fraction of sp³-hybridized carbons (Fsp3) is 0.375. The lowest BCUT2D eigenvalue weighted by Gasteiger charge is -2.09. The maximum absolute atomic E-state index is 12.7. The summed E-state index contributed by atoms with van der Waals surface area (Å²) in [4.78, 5) is 16.7. The summed E-state index contributed by atoms with van der Waals surface area (Å²) in [6, 6.07) is 5.17. The van der Waals surface area contributed by atoms with Crippen LogP contribution in [0.1, 0.15) is 29.9 Å².